The van der Waals surface area contributed by atoms with Gasteiger partial charge in [0.05, 0.1) is 5.41 Å². The molecule has 0 saturated carbocycles. The van der Waals surface area contributed by atoms with Gasteiger partial charge in [0.1, 0.15) is 11.6 Å². The Morgan fingerprint density at radius 1 is 1.42 bits per heavy atom. The minimum Gasteiger partial charge on any atom is -0.481 e. The van der Waals surface area contributed by atoms with Gasteiger partial charge in [0, 0.05) is 31.3 Å². The quantitative estimate of drug-likeness (QED) is 0.904. The maximum atomic E-state index is 11.2. The number of carbonyl (C=O) groups is 1. The fourth-order valence-corrected chi connectivity index (χ4v) is 2.38. The molecule has 5 nitrogen and oxygen atoms in total. The Morgan fingerprint density at radius 2 is 2.05 bits per heavy atom. The fourth-order valence-electron chi connectivity index (χ4n) is 2.38. The van der Waals surface area contributed by atoms with Gasteiger partial charge >= 0.3 is 5.97 Å². The van der Waals surface area contributed by atoms with Gasteiger partial charge in [-0.1, -0.05) is 6.92 Å². The molecular formula is C14H21N3O2. The third-order valence-electron chi connectivity index (χ3n) is 3.91. The van der Waals surface area contributed by atoms with Gasteiger partial charge in [0.15, 0.2) is 0 Å². The van der Waals surface area contributed by atoms with Gasteiger partial charge < -0.3 is 10.0 Å². The summed E-state index contributed by atoms with van der Waals surface area (Å²) in [5.41, 5.74) is 0.375. The highest BCUT2D eigenvalue weighted by atomic mass is 16.4. The standard InChI is InChI=1S/C14H21N3O2/c1-4-11-15-10(2)9-12(16-11)17-7-5-14(3,6-8-17)13(18)19/h9H,4-8H2,1-3H3,(H,18,19). The Hall–Kier alpha value is -1.65. The van der Waals surface area contributed by atoms with Crippen molar-refractivity contribution in [1.82, 2.24) is 9.97 Å². The highest BCUT2D eigenvalue weighted by molar-refractivity contribution is 5.74. The lowest BCUT2D eigenvalue weighted by molar-refractivity contribution is -0.149. The van der Waals surface area contributed by atoms with Crippen LogP contribution in [0, 0.1) is 12.3 Å². The van der Waals surface area contributed by atoms with Crippen molar-refractivity contribution in [2.75, 3.05) is 18.0 Å². The molecule has 2 rings (SSSR count). The zero-order chi connectivity index (χ0) is 14.0. The number of hydrogen-bond donors (Lipinski definition) is 1. The smallest absolute Gasteiger partial charge is 0.309 e. The molecule has 104 valence electrons. The lowest BCUT2D eigenvalue weighted by Gasteiger charge is -2.37. The molecule has 1 aromatic rings. The first-order valence-corrected chi connectivity index (χ1v) is 6.77. The Bertz CT molecular complexity index is 480. The van der Waals surface area contributed by atoms with Gasteiger partial charge in [-0.15, -0.1) is 0 Å². The Morgan fingerprint density at radius 3 is 2.58 bits per heavy atom. The van der Waals surface area contributed by atoms with Crippen LogP contribution >= 0.6 is 0 Å². The van der Waals surface area contributed by atoms with E-state index in [9.17, 15) is 9.90 Å². The summed E-state index contributed by atoms with van der Waals surface area (Å²) in [6, 6.07) is 1.97. The molecule has 0 radical (unpaired) electrons. The van der Waals surface area contributed by atoms with Crippen LogP contribution in [-0.2, 0) is 11.2 Å². The van der Waals surface area contributed by atoms with Crippen LogP contribution in [0.3, 0.4) is 0 Å². The van der Waals surface area contributed by atoms with E-state index in [1.807, 2.05) is 26.8 Å². The summed E-state index contributed by atoms with van der Waals surface area (Å²) in [7, 11) is 0. The molecule has 0 aliphatic carbocycles. The second kappa shape index (κ2) is 5.15. The normalized spacial score (nSPS) is 18.4. The second-order valence-electron chi connectivity index (χ2n) is 5.49. The molecule has 1 aliphatic rings. The zero-order valence-corrected chi connectivity index (χ0v) is 11.8. The molecule has 0 unspecified atom stereocenters. The number of nitrogens with zero attached hydrogens (tertiary/aromatic N) is 3. The van der Waals surface area contributed by atoms with Crippen LogP contribution in [0.25, 0.3) is 0 Å². The SMILES string of the molecule is CCc1nc(C)cc(N2CCC(C)(C(=O)O)CC2)n1. The zero-order valence-electron chi connectivity index (χ0n) is 11.8. The number of aliphatic carboxylic acids is 1. The van der Waals surface area contributed by atoms with Crippen LogP contribution < -0.4 is 4.90 Å². The summed E-state index contributed by atoms with van der Waals surface area (Å²) in [6.45, 7) is 7.31. The van der Waals surface area contributed by atoms with Gasteiger partial charge in [-0.05, 0) is 26.7 Å². The molecule has 5 heteroatoms. The van der Waals surface area contributed by atoms with Gasteiger partial charge in [0.2, 0.25) is 0 Å². The summed E-state index contributed by atoms with van der Waals surface area (Å²) in [5, 5.41) is 9.24. The lowest BCUT2D eigenvalue weighted by Crippen LogP contribution is -2.43. The van der Waals surface area contributed by atoms with Crippen molar-refractivity contribution in [3.63, 3.8) is 0 Å². The van der Waals surface area contributed by atoms with Gasteiger partial charge in [0.25, 0.3) is 0 Å². The molecule has 0 amide bonds. The number of aromatic nitrogens is 2. The van der Waals surface area contributed by atoms with Crippen molar-refractivity contribution in [3.05, 3.63) is 17.6 Å². The molecular weight excluding hydrogens is 242 g/mol. The minimum absolute atomic E-state index is 0.591. The van der Waals surface area contributed by atoms with E-state index in [4.69, 9.17) is 0 Å². The molecule has 19 heavy (non-hydrogen) atoms. The molecule has 1 fully saturated rings. The topological polar surface area (TPSA) is 66.3 Å². The number of rotatable bonds is 3. The van der Waals surface area contributed by atoms with Crippen molar-refractivity contribution in [2.45, 2.75) is 40.0 Å². The van der Waals surface area contributed by atoms with Gasteiger partial charge in [-0.25, -0.2) is 9.97 Å². The Balaban J connectivity index is 2.13. The van der Waals surface area contributed by atoms with Gasteiger partial charge in [-0.3, -0.25) is 4.79 Å². The number of anilines is 1. The third-order valence-corrected chi connectivity index (χ3v) is 3.91. The average molecular weight is 263 g/mol. The van der Waals surface area contributed by atoms with E-state index in [2.05, 4.69) is 14.9 Å². The van der Waals surface area contributed by atoms with Crippen LogP contribution in [0.1, 0.15) is 38.2 Å². The largest absolute Gasteiger partial charge is 0.481 e. The first-order chi connectivity index (χ1) is 8.94. The molecule has 1 saturated heterocycles. The molecule has 0 aromatic carbocycles. The van der Waals surface area contributed by atoms with Crippen LogP contribution in [0.4, 0.5) is 5.82 Å². The van der Waals surface area contributed by atoms with Crippen molar-refractivity contribution in [3.8, 4) is 0 Å². The molecule has 1 N–H and O–H groups in total. The Kier molecular flexibility index (Phi) is 3.73. The molecule has 0 atom stereocenters. The summed E-state index contributed by atoms with van der Waals surface area (Å²) in [4.78, 5) is 22.3. The van der Waals surface area contributed by atoms with Crippen LogP contribution in [0.15, 0.2) is 6.07 Å². The molecule has 1 aliphatic heterocycles. The van der Waals surface area contributed by atoms with Crippen molar-refractivity contribution < 1.29 is 9.90 Å². The van der Waals surface area contributed by atoms with E-state index in [0.29, 0.717) is 12.8 Å². The first kappa shape index (κ1) is 13.8. The Labute approximate surface area is 113 Å². The number of carboxylic acid groups (broad SMARTS) is 1. The fraction of sp³-hybridized carbons (Fsp3) is 0.643. The van der Waals surface area contributed by atoms with E-state index < -0.39 is 11.4 Å². The summed E-state index contributed by atoms with van der Waals surface area (Å²) in [6.07, 6.45) is 2.13. The number of carboxylic acids is 1. The highest BCUT2D eigenvalue weighted by Gasteiger charge is 2.37. The van der Waals surface area contributed by atoms with E-state index in [0.717, 1.165) is 36.8 Å². The van der Waals surface area contributed by atoms with Crippen LogP contribution in [-0.4, -0.2) is 34.1 Å². The van der Waals surface area contributed by atoms with Crippen LogP contribution in [0.2, 0.25) is 0 Å². The van der Waals surface area contributed by atoms with Crippen molar-refractivity contribution in [2.24, 2.45) is 5.41 Å². The number of piperidine rings is 1. The first-order valence-electron chi connectivity index (χ1n) is 6.77. The third kappa shape index (κ3) is 2.85. The molecule has 1 aromatic heterocycles. The molecule has 2 heterocycles. The van der Waals surface area contributed by atoms with Gasteiger partial charge in [-0.2, -0.15) is 0 Å². The maximum absolute atomic E-state index is 11.2. The summed E-state index contributed by atoms with van der Waals surface area (Å²) in [5.74, 6) is 1.08. The maximum Gasteiger partial charge on any atom is 0.309 e. The van der Waals surface area contributed by atoms with Crippen molar-refractivity contribution >= 4 is 11.8 Å². The summed E-state index contributed by atoms with van der Waals surface area (Å²) >= 11 is 0. The highest BCUT2D eigenvalue weighted by Crippen LogP contribution is 2.32. The number of hydrogen-bond acceptors (Lipinski definition) is 4. The lowest BCUT2D eigenvalue weighted by atomic mass is 9.80. The monoisotopic (exact) mass is 263 g/mol. The molecule has 0 spiro atoms. The predicted molar refractivity (Wildman–Crippen MR) is 73.3 cm³/mol. The second-order valence-corrected chi connectivity index (χ2v) is 5.49. The van der Waals surface area contributed by atoms with E-state index in [1.54, 1.807) is 0 Å². The van der Waals surface area contributed by atoms with E-state index in [-0.39, 0.29) is 0 Å². The number of aryl methyl sites for hydroxylation is 2. The molecule has 0 bridgehead atoms. The van der Waals surface area contributed by atoms with E-state index in [1.165, 1.54) is 0 Å². The predicted octanol–water partition coefficient (Wildman–Crippen LogP) is 2.04. The minimum atomic E-state index is -0.694. The average Bonchev–Trinajstić information content (AvgIpc) is 2.38. The van der Waals surface area contributed by atoms with Crippen LogP contribution in [0.5, 0.6) is 0 Å². The van der Waals surface area contributed by atoms with E-state index >= 15 is 0 Å². The van der Waals surface area contributed by atoms with Crippen molar-refractivity contribution in [1.29, 1.82) is 0 Å². The summed E-state index contributed by atoms with van der Waals surface area (Å²) < 4.78 is 0.